The molecule has 1 heterocycles. The van der Waals surface area contributed by atoms with Crippen molar-refractivity contribution < 1.29 is 13.5 Å². The summed E-state index contributed by atoms with van der Waals surface area (Å²) in [5, 5.41) is 8.94. The number of nitrogens with one attached hydrogen (secondary N) is 1. The minimum atomic E-state index is -3.61. The Hall–Kier alpha value is -0.500. The van der Waals surface area contributed by atoms with Gasteiger partial charge in [0.25, 0.3) is 0 Å². The number of aliphatic hydroxyl groups excluding tert-OH is 1. The van der Waals surface area contributed by atoms with Crippen molar-refractivity contribution in [2.24, 2.45) is 0 Å². The summed E-state index contributed by atoms with van der Waals surface area (Å²) in [5.74, 6) is 0. The van der Waals surface area contributed by atoms with Crippen molar-refractivity contribution in [3.63, 3.8) is 0 Å². The molecule has 16 heavy (non-hydrogen) atoms. The molecule has 1 unspecified atom stereocenters. The van der Waals surface area contributed by atoms with E-state index in [1.54, 1.807) is 6.92 Å². The predicted molar refractivity (Wildman–Crippen MR) is 63.4 cm³/mol. The molecule has 0 saturated carbocycles. The molecule has 0 aromatic carbocycles. The first-order valence-electron chi connectivity index (χ1n) is 4.73. The van der Waals surface area contributed by atoms with Gasteiger partial charge in [0, 0.05) is 22.9 Å². The molecule has 1 atom stereocenters. The van der Waals surface area contributed by atoms with Crippen LogP contribution < -0.4 is 4.72 Å². The van der Waals surface area contributed by atoms with Crippen LogP contribution in [0.5, 0.6) is 0 Å². The highest BCUT2D eigenvalue weighted by Crippen LogP contribution is 2.14. The second kappa shape index (κ2) is 5.72. The first kappa shape index (κ1) is 13.6. The largest absolute Gasteiger partial charge is 0.395 e. The lowest BCUT2D eigenvalue weighted by molar-refractivity contribution is 0.254. The summed E-state index contributed by atoms with van der Waals surface area (Å²) in [6.45, 7) is 1.57. The molecule has 0 aliphatic heterocycles. The minimum Gasteiger partial charge on any atom is -0.395 e. The van der Waals surface area contributed by atoms with Crippen molar-refractivity contribution >= 4 is 26.0 Å². The maximum atomic E-state index is 11.8. The maximum absolute atomic E-state index is 11.8. The lowest BCUT2D eigenvalue weighted by Crippen LogP contribution is -2.36. The van der Waals surface area contributed by atoms with Gasteiger partial charge in [0.15, 0.2) is 0 Å². The molecule has 0 bridgehead atoms. The molecule has 7 heteroatoms. The Morgan fingerprint density at radius 1 is 1.56 bits per heavy atom. The van der Waals surface area contributed by atoms with E-state index in [0.717, 1.165) is 0 Å². The lowest BCUT2D eigenvalue weighted by Gasteiger charge is -2.14. The number of pyridine rings is 1. The fourth-order valence-corrected chi connectivity index (χ4v) is 2.89. The number of nitrogens with zero attached hydrogens (tertiary/aromatic N) is 1. The van der Waals surface area contributed by atoms with Crippen LogP contribution in [0.1, 0.15) is 13.3 Å². The Morgan fingerprint density at radius 3 is 2.75 bits per heavy atom. The molecule has 1 rings (SSSR count). The van der Waals surface area contributed by atoms with Gasteiger partial charge < -0.3 is 5.11 Å². The second-order valence-electron chi connectivity index (χ2n) is 3.25. The van der Waals surface area contributed by atoms with Crippen LogP contribution in [0, 0.1) is 0 Å². The normalized spacial score (nSPS) is 13.7. The van der Waals surface area contributed by atoms with Crippen LogP contribution in [0.4, 0.5) is 0 Å². The van der Waals surface area contributed by atoms with Crippen molar-refractivity contribution in [3.05, 3.63) is 22.9 Å². The first-order valence-corrected chi connectivity index (χ1v) is 7.01. The maximum Gasteiger partial charge on any atom is 0.242 e. The van der Waals surface area contributed by atoms with E-state index in [9.17, 15) is 8.42 Å². The number of halogens is 1. The van der Waals surface area contributed by atoms with E-state index in [4.69, 9.17) is 5.11 Å². The van der Waals surface area contributed by atoms with E-state index in [2.05, 4.69) is 25.6 Å². The minimum absolute atomic E-state index is 0.0776. The zero-order valence-electron chi connectivity index (χ0n) is 8.72. The molecule has 0 aliphatic carbocycles. The SMILES string of the molecule is CCC(CO)NS(=O)(=O)c1cncc(Br)c1. The van der Waals surface area contributed by atoms with Gasteiger partial charge in [-0.05, 0) is 28.4 Å². The van der Waals surface area contributed by atoms with Crippen molar-refractivity contribution in [2.45, 2.75) is 24.3 Å². The van der Waals surface area contributed by atoms with Gasteiger partial charge >= 0.3 is 0 Å². The van der Waals surface area contributed by atoms with Gasteiger partial charge in [-0.25, -0.2) is 13.1 Å². The molecular formula is C9H13BrN2O3S. The van der Waals surface area contributed by atoms with E-state index in [1.807, 2.05) is 0 Å². The van der Waals surface area contributed by atoms with Crippen molar-refractivity contribution in [2.75, 3.05) is 6.61 Å². The van der Waals surface area contributed by atoms with Crippen LogP contribution in [0.25, 0.3) is 0 Å². The number of hydrogen-bond acceptors (Lipinski definition) is 4. The molecule has 0 aliphatic rings. The Balaban J connectivity index is 2.94. The first-order chi connectivity index (χ1) is 7.49. The molecule has 0 saturated heterocycles. The molecule has 5 nitrogen and oxygen atoms in total. The summed E-state index contributed by atoms with van der Waals surface area (Å²) < 4.78 is 26.6. The van der Waals surface area contributed by atoms with Crippen LogP contribution in [0.15, 0.2) is 27.8 Å². The highest BCUT2D eigenvalue weighted by Gasteiger charge is 2.18. The van der Waals surface area contributed by atoms with E-state index in [1.165, 1.54) is 18.5 Å². The summed E-state index contributed by atoms with van der Waals surface area (Å²) in [4.78, 5) is 3.86. The van der Waals surface area contributed by atoms with Crippen molar-refractivity contribution in [1.82, 2.24) is 9.71 Å². The van der Waals surface area contributed by atoms with Gasteiger partial charge in [-0.1, -0.05) is 6.92 Å². The van der Waals surface area contributed by atoms with Crippen LogP contribution >= 0.6 is 15.9 Å². The quantitative estimate of drug-likeness (QED) is 0.847. The third-order valence-electron chi connectivity index (χ3n) is 2.03. The highest BCUT2D eigenvalue weighted by molar-refractivity contribution is 9.10. The average molecular weight is 309 g/mol. The van der Waals surface area contributed by atoms with Crippen molar-refractivity contribution in [1.29, 1.82) is 0 Å². The van der Waals surface area contributed by atoms with E-state index in [0.29, 0.717) is 10.9 Å². The third kappa shape index (κ3) is 3.51. The number of sulfonamides is 1. The topological polar surface area (TPSA) is 79.3 Å². The zero-order chi connectivity index (χ0) is 12.2. The molecular weight excluding hydrogens is 296 g/mol. The second-order valence-corrected chi connectivity index (χ2v) is 5.88. The standard InChI is InChI=1S/C9H13BrN2O3S/c1-2-8(6-13)12-16(14,15)9-3-7(10)4-11-5-9/h3-5,8,12-13H,2,6H2,1H3. The number of aromatic nitrogens is 1. The van der Waals surface area contributed by atoms with Gasteiger partial charge in [-0.15, -0.1) is 0 Å². The fraction of sp³-hybridized carbons (Fsp3) is 0.444. The van der Waals surface area contributed by atoms with E-state index >= 15 is 0 Å². The van der Waals surface area contributed by atoms with Crippen LogP contribution in [0.3, 0.4) is 0 Å². The summed E-state index contributed by atoms with van der Waals surface area (Å²) in [5.41, 5.74) is 0. The van der Waals surface area contributed by atoms with E-state index < -0.39 is 16.1 Å². The molecule has 1 aromatic rings. The Bertz CT molecular complexity index is 446. The van der Waals surface area contributed by atoms with Gasteiger partial charge in [-0.3, -0.25) is 4.98 Å². The summed E-state index contributed by atoms with van der Waals surface area (Å²) in [6.07, 6.45) is 3.29. The number of hydrogen-bond donors (Lipinski definition) is 2. The van der Waals surface area contributed by atoms with Crippen LogP contribution in [-0.4, -0.2) is 31.2 Å². The number of rotatable bonds is 5. The smallest absolute Gasteiger partial charge is 0.242 e. The molecule has 90 valence electrons. The summed E-state index contributed by atoms with van der Waals surface area (Å²) in [7, 11) is -3.61. The average Bonchev–Trinajstić information content (AvgIpc) is 2.26. The monoisotopic (exact) mass is 308 g/mol. The highest BCUT2D eigenvalue weighted by atomic mass is 79.9. The van der Waals surface area contributed by atoms with Gasteiger partial charge in [0.1, 0.15) is 4.90 Å². The van der Waals surface area contributed by atoms with Crippen LogP contribution in [-0.2, 0) is 10.0 Å². The predicted octanol–water partition coefficient (Wildman–Crippen LogP) is 0.893. The summed E-state index contributed by atoms with van der Waals surface area (Å²) >= 11 is 3.15. The van der Waals surface area contributed by atoms with Crippen molar-refractivity contribution in [3.8, 4) is 0 Å². The van der Waals surface area contributed by atoms with Crippen LogP contribution in [0.2, 0.25) is 0 Å². The van der Waals surface area contributed by atoms with Gasteiger partial charge in [0.2, 0.25) is 10.0 Å². The molecule has 1 aromatic heterocycles. The molecule has 0 radical (unpaired) electrons. The Kier molecular flexibility index (Phi) is 4.85. The number of aliphatic hydroxyl groups is 1. The van der Waals surface area contributed by atoms with E-state index in [-0.39, 0.29) is 11.5 Å². The Labute approximate surface area is 103 Å². The molecule has 0 fully saturated rings. The fourth-order valence-electron chi connectivity index (χ4n) is 1.08. The molecule has 2 N–H and O–H groups in total. The molecule has 0 amide bonds. The lowest BCUT2D eigenvalue weighted by atomic mass is 10.3. The van der Waals surface area contributed by atoms with Gasteiger partial charge in [0.05, 0.1) is 6.61 Å². The molecule has 0 spiro atoms. The Morgan fingerprint density at radius 2 is 2.25 bits per heavy atom. The van der Waals surface area contributed by atoms with Gasteiger partial charge in [-0.2, -0.15) is 0 Å². The summed E-state index contributed by atoms with van der Waals surface area (Å²) in [6, 6.07) is 0.989. The third-order valence-corrected chi connectivity index (χ3v) is 3.95. The zero-order valence-corrected chi connectivity index (χ0v) is 11.1.